The molecule has 0 saturated heterocycles. The van der Waals surface area contributed by atoms with Gasteiger partial charge in [0.15, 0.2) is 0 Å². The Balaban J connectivity index is 1.82. The van der Waals surface area contributed by atoms with E-state index in [1.54, 1.807) is 17.0 Å². The fourth-order valence-electron chi connectivity index (χ4n) is 2.95. The quantitative estimate of drug-likeness (QED) is 0.560. The average Bonchev–Trinajstić information content (AvgIpc) is 3.00. The van der Waals surface area contributed by atoms with Crippen LogP contribution in [-0.4, -0.2) is 11.7 Å². The highest BCUT2D eigenvalue weighted by molar-refractivity contribution is 6.33. The molecule has 1 heterocycles. The van der Waals surface area contributed by atoms with Crippen molar-refractivity contribution in [3.05, 3.63) is 106 Å². The second kappa shape index (κ2) is 7.22. The van der Waals surface area contributed by atoms with Crippen molar-refractivity contribution in [3.63, 3.8) is 0 Å². The van der Waals surface area contributed by atoms with Crippen LogP contribution in [0.1, 0.15) is 16.7 Å². The van der Waals surface area contributed by atoms with Gasteiger partial charge in [0.1, 0.15) is 11.5 Å². The number of anilines is 1. The lowest BCUT2D eigenvalue weighted by atomic mass is 10.1. The van der Waals surface area contributed by atoms with Gasteiger partial charge in [0.2, 0.25) is 0 Å². The highest BCUT2D eigenvalue weighted by atomic mass is 35.5. The van der Waals surface area contributed by atoms with Gasteiger partial charge >= 0.3 is 0 Å². The standard InChI is InChI=1S/C23H17ClN2O/c1-16-7-9-18(10-8-16)22-25-21(15-17-5-3-2-4-6-17)23(27)26(22)20-13-11-19(24)12-14-20/h2-15H,1H3/b21-15+. The Morgan fingerprint density at radius 2 is 1.56 bits per heavy atom. The predicted octanol–water partition coefficient (Wildman–Crippen LogP) is 5.48. The molecule has 4 heteroatoms. The minimum absolute atomic E-state index is 0.156. The summed E-state index contributed by atoms with van der Waals surface area (Å²) in [5.74, 6) is 0.459. The zero-order chi connectivity index (χ0) is 18.8. The number of hydrogen-bond acceptors (Lipinski definition) is 2. The second-order valence-corrected chi connectivity index (χ2v) is 6.80. The summed E-state index contributed by atoms with van der Waals surface area (Å²) in [7, 11) is 0. The number of carbonyl (C=O) groups excluding carboxylic acids is 1. The van der Waals surface area contributed by atoms with E-state index in [1.165, 1.54) is 0 Å². The topological polar surface area (TPSA) is 32.7 Å². The Bertz CT molecular complexity index is 1040. The molecule has 3 nitrogen and oxygen atoms in total. The van der Waals surface area contributed by atoms with Crippen LogP contribution >= 0.6 is 11.6 Å². The fourth-order valence-corrected chi connectivity index (χ4v) is 3.08. The molecule has 0 saturated carbocycles. The van der Waals surface area contributed by atoms with E-state index < -0.39 is 0 Å². The highest BCUT2D eigenvalue weighted by Gasteiger charge is 2.32. The van der Waals surface area contributed by atoms with Gasteiger partial charge in [-0.1, -0.05) is 71.8 Å². The van der Waals surface area contributed by atoms with E-state index in [-0.39, 0.29) is 5.91 Å². The van der Waals surface area contributed by atoms with Crippen LogP contribution in [0.4, 0.5) is 5.69 Å². The number of hydrogen-bond donors (Lipinski definition) is 0. The van der Waals surface area contributed by atoms with Crippen LogP contribution in [-0.2, 0) is 4.79 Å². The number of aryl methyl sites for hydroxylation is 1. The first-order valence-electron chi connectivity index (χ1n) is 8.64. The zero-order valence-corrected chi connectivity index (χ0v) is 15.5. The Labute approximate surface area is 163 Å². The lowest BCUT2D eigenvalue weighted by molar-refractivity contribution is -0.113. The highest BCUT2D eigenvalue weighted by Crippen LogP contribution is 2.28. The van der Waals surface area contributed by atoms with Crippen LogP contribution in [0.2, 0.25) is 5.02 Å². The second-order valence-electron chi connectivity index (χ2n) is 6.36. The molecule has 0 aromatic heterocycles. The third-order valence-corrected chi connectivity index (χ3v) is 4.61. The molecule has 132 valence electrons. The van der Waals surface area contributed by atoms with Gasteiger partial charge in [-0.3, -0.25) is 9.69 Å². The molecule has 3 aromatic rings. The molecule has 1 amide bonds. The molecule has 3 aromatic carbocycles. The third-order valence-electron chi connectivity index (χ3n) is 4.36. The number of carbonyl (C=O) groups is 1. The number of amidine groups is 1. The monoisotopic (exact) mass is 372 g/mol. The van der Waals surface area contributed by atoms with Crippen LogP contribution in [0.15, 0.2) is 89.6 Å². The van der Waals surface area contributed by atoms with E-state index in [0.29, 0.717) is 16.6 Å². The summed E-state index contributed by atoms with van der Waals surface area (Å²) >= 11 is 6.02. The summed E-state index contributed by atoms with van der Waals surface area (Å²) in [4.78, 5) is 19.5. The van der Waals surface area contributed by atoms with Crippen LogP contribution in [0.25, 0.3) is 6.08 Å². The Hall–Kier alpha value is -3.17. The lowest BCUT2D eigenvalue weighted by Gasteiger charge is -2.18. The number of aliphatic imine (C=N–C) groups is 1. The molecule has 4 rings (SSSR count). The Kier molecular flexibility index (Phi) is 4.61. The SMILES string of the molecule is Cc1ccc(C2=N/C(=C/c3ccccc3)C(=O)N2c2ccc(Cl)cc2)cc1. The minimum Gasteiger partial charge on any atom is -0.266 e. The molecule has 1 aliphatic rings. The van der Waals surface area contributed by atoms with Gasteiger partial charge in [-0.2, -0.15) is 0 Å². The largest absolute Gasteiger partial charge is 0.282 e. The van der Waals surface area contributed by atoms with Crippen molar-refractivity contribution >= 4 is 35.1 Å². The molecular formula is C23H17ClN2O. The van der Waals surface area contributed by atoms with Gasteiger partial charge in [0.05, 0.1) is 5.69 Å². The Morgan fingerprint density at radius 1 is 0.889 bits per heavy atom. The van der Waals surface area contributed by atoms with Gasteiger partial charge in [0, 0.05) is 10.6 Å². The van der Waals surface area contributed by atoms with Gasteiger partial charge in [-0.15, -0.1) is 0 Å². The molecule has 1 aliphatic heterocycles. The van der Waals surface area contributed by atoms with E-state index >= 15 is 0 Å². The number of benzene rings is 3. The number of rotatable bonds is 3. The van der Waals surface area contributed by atoms with Crippen molar-refractivity contribution < 1.29 is 4.79 Å². The van der Waals surface area contributed by atoms with Gasteiger partial charge in [0.25, 0.3) is 5.91 Å². The number of nitrogens with zero attached hydrogens (tertiary/aromatic N) is 2. The van der Waals surface area contributed by atoms with Crippen LogP contribution in [0.3, 0.4) is 0 Å². The number of halogens is 1. The average molecular weight is 373 g/mol. The first kappa shape index (κ1) is 17.3. The van der Waals surface area contributed by atoms with Crippen LogP contribution < -0.4 is 4.90 Å². The van der Waals surface area contributed by atoms with Crippen molar-refractivity contribution in [1.29, 1.82) is 0 Å². The molecular weight excluding hydrogens is 356 g/mol. The van der Waals surface area contributed by atoms with E-state index in [0.717, 1.165) is 22.4 Å². The van der Waals surface area contributed by atoms with Crippen molar-refractivity contribution in [3.8, 4) is 0 Å². The van der Waals surface area contributed by atoms with E-state index in [1.807, 2.05) is 79.7 Å². The summed E-state index contributed by atoms with van der Waals surface area (Å²) in [5.41, 5.74) is 4.12. The van der Waals surface area contributed by atoms with E-state index in [4.69, 9.17) is 11.6 Å². The van der Waals surface area contributed by atoms with E-state index in [2.05, 4.69) is 4.99 Å². The fraction of sp³-hybridized carbons (Fsp3) is 0.0435. The van der Waals surface area contributed by atoms with Crippen molar-refractivity contribution in [2.24, 2.45) is 4.99 Å². The first-order chi connectivity index (χ1) is 13.1. The van der Waals surface area contributed by atoms with Gasteiger partial charge in [-0.05, 0) is 42.8 Å². The smallest absolute Gasteiger partial charge is 0.266 e. The molecule has 0 spiro atoms. The molecule has 0 bridgehead atoms. The molecule has 0 unspecified atom stereocenters. The summed E-state index contributed by atoms with van der Waals surface area (Å²) in [6, 6.07) is 24.9. The van der Waals surface area contributed by atoms with Crippen LogP contribution in [0, 0.1) is 6.92 Å². The summed E-state index contributed by atoms with van der Waals surface area (Å²) in [6.07, 6.45) is 1.81. The van der Waals surface area contributed by atoms with Crippen molar-refractivity contribution in [1.82, 2.24) is 0 Å². The Morgan fingerprint density at radius 3 is 2.22 bits per heavy atom. The molecule has 0 aliphatic carbocycles. The van der Waals surface area contributed by atoms with E-state index in [9.17, 15) is 4.79 Å². The van der Waals surface area contributed by atoms with Crippen molar-refractivity contribution in [2.75, 3.05) is 4.90 Å². The zero-order valence-electron chi connectivity index (χ0n) is 14.8. The van der Waals surface area contributed by atoms with Gasteiger partial charge in [-0.25, -0.2) is 4.99 Å². The van der Waals surface area contributed by atoms with Crippen LogP contribution in [0.5, 0.6) is 0 Å². The minimum atomic E-state index is -0.156. The lowest BCUT2D eigenvalue weighted by Crippen LogP contribution is -2.32. The molecule has 0 radical (unpaired) electrons. The maximum absolute atomic E-state index is 13.2. The van der Waals surface area contributed by atoms with Gasteiger partial charge < -0.3 is 0 Å². The number of amides is 1. The normalized spacial score (nSPS) is 15.3. The molecule has 27 heavy (non-hydrogen) atoms. The summed E-state index contributed by atoms with van der Waals surface area (Å²) in [6.45, 7) is 2.03. The summed E-state index contributed by atoms with van der Waals surface area (Å²) in [5, 5.41) is 0.624. The maximum atomic E-state index is 13.2. The molecule has 0 atom stereocenters. The third kappa shape index (κ3) is 3.55. The first-order valence-corrected chi connectivity index (χ1v) is 9.02. The predicted molar refractivity (Wildman–Crippen MR) is 111 cm³/mol. The molecule has 0 fully saturated rings. The maximum Gasteiger partial charge on any atom is 0.282 e. The van der Waals surface area contributed by atoms with Crippen molar-refractivity contribution in [2.45, 2.75) is 6.92 Å². The molecule has 0 N–H and O–H groups in total. The summed E-state index contributed by atoms with van der Waals surface area (Å²) < 4.78 is 0.